The van der Waals surface area contributed by atoms with Gasteiger partial charge < -0.3 is 10.6 Å². The molecule has 17 heavy (non-hydrogen) atoms. The SMILES string of the molecule is CC1CCNC(C)C1NC(=O)c1ccccc1. The van der Waals surface area contributed by atoms with Crippen molar-refractivity contribution in [3.8, 4) is 0 Å². The highest BCUT2D eigenvalue weighted by molar-refractivity contribution is 5.94. The van der Waals surface area contributed by atoms with Crippen LogP contribution in [0.5, 0.6) is 0 Å². The molecule has 1 saturated heterocycles. The molecule has 92 valence electrons. The molecule has 3 heteroatoms. The summed E-state index contributed by atoms with van der Waals surface area (Å²) in [7, 11) is 0. The monoisotopic (exact) mass is 232 g/mol. The molecule has 0 radical (unpaired) electrons. The summed E-state index contributed by atoms with van der Waals surface area (Å²) in [5.41, 5.74) is 0.734. The topological polar surface area (TPSA) is 41.1 Å². The molecular weight excluding hydrogens is 212 g/mol. The van der Waals surface area contributed by atoms with Crippen molar-refractivity contribution >= 4 is 5.91 Å². The van der Waals surface area contributed by atoms with E-state index in [1.165, 1.54) is 0 Å². The number of piperidine rings is 1. The lowest BCUT2D eigenvalue weighted by Crippen LogP contribution is -2.55. The number of amides is 1. The normalized spacial score (nSPS) is 28.7. The third-order valence-corrected chi connectivity index (χ3v) is 3.55. The van der Waals surface area contributed by atoms with Crippen molar-refractivity contribution in [3.63, 3.8) is 0 Å². The lowest BCUT2D eigenvalue weighted by molar-refractivity contribution is 0.0897. The van der Waals surface area contributed by atoms with Gasteiger partial charge in [-0.05, 0) is 37.9 Å². The Morgan fingerprint density at radius 1 is 1.29 bits per heavy atom. The summed E-state index contributed by atoms with van der Waals surface area (Å²) in [6, 6.07) is 9.95. The lowest BCUT2D eigenvalue weighted by atomic mass is 9.89. The van der Waals surface area contributed by atoms with Crippen LogP contribution in [0.4, 0.5) is 0 Å². The Morgan fingerprint density at radius 3 is 2.65 bits per heavy atom. The van der Waals surface area contributed by atoms with Crippen LogP contribution in [-0.4, -0.2) is 24.5 Å². The van der Waals surface area contributed by atoms with Gasteiger partial charge in [0.1, 0.15) is 0 Å². The highest BCUT2D eigenvalue weighted by Gasteiger charge is 2.28. The molecule has 2 rings (SSSR count). The van der Waals surface area contributed by atoms with Crippen LogP contribution in [-0.2, 0) is 0 Å². The Hall–Kier alpha value is -1.35. The van der Waals surface area contributed by atoms with Crippen molar-refractivity contribution in [3.05, 3.63) is 35.9 Å². The number of benzene rings is 1. The Morgan fingerprint density at radius 2 is 2.00 bits per heavy atom. The summed E-state index contributed by atoms with van der Waals surface area (Å²) in [4.78, 5) is 12.1. The van der Waals surface area contributed by atoms with Gasteiger partial charge in [-0.15, -0.1) is 0 Å². The zero-order valence-electron chi connectivity index (χ0n) is 10.4. The first kappa shape index (κ1) is 12.1. The van der Waals surface area contributed by atoms with E-state index in [1.54, 1.807) is 0 Å². The zero-order valence-corrected chi connectivity index (χ0v) is 10.4. The summed E-state index contributed by atoms with van der Waals surface area (Å²) in [5, 5.41) is 6.54. The van der Waals surface area contributed by atoms with Gasteiger partial charge in [0.15, 0.2) is 0 Å². The standard InChI is InChI=1S/C14H20N2O/c1-10-8-9-15-11(2)13(10)16-14(17)12-6-4-3-5-7-12/h3-7,10-11,13,15H,8-9H2,1-2H3,(H,16,17). The van der Waals surface area contributed by atoms with Crippen LogP contribution in [0, 0.1) is 5.92 Å². The average Bonchev–Trinajstić information content (AvgIpc) is 2.35. The van der Waals surface area contributed by atoms with Crippen LogP contribution < -0.4 is 10.6 Å². The van der Waals surface area contributed by atoms with E-state index in [4.69, 9.17) is 0 Å². The average molecular weight is 232 g/mol. The van der Waals surface area contributed by atoms with Gasteiger partial charge in [-0.1, -0.05) is 25.1 Å². The minimum absolute atomic E-state index is 0.0259. The number of nitrogens with one attached hydrogen (secondary N) is 2. The Balaban J connectivity index is 2.03. The molecule has 0 saturated carbocycles. The van der Waals surface area contributed by atoms with Crippen molar-refractivity contribution in [1.29, 1.82) is 0 Å². The van der Waals surface area contributed by atoms with Crippen LogP contribution in [0.25, 0.3) is 0 Å². The molecule has 1 amide bonds. The molecular formula is C14H20N2O. The van der Waals surface area contributed by atoms with Crippen LogP contribution in [0.15, 0.2) is 30.3 Å². The molecule has 3 unspecified atom stereocenters. The van der Waals surface area contributed by atoms with Crippen molar-refractivity contribution in [2.45, 2.75) is 32.4 Å². The Labute approximate surface area is 103 Å². The van der Waals surface area contributed by atoms with E-state index < -0.39 is 0 Å². The maximum absolute atomic E-state index is 12.1. The van der Waals surface area contributed by atoms with E-state index in [2.05, 4.69) is 24.5 Å². The first-order chi connectivity index (χ1) is 8.18. The zero-order chi connectivity index (χ0) is 12.3. The quantitative estimate of drug-likeness (QED) is 0.816. The Bertz CT molecular complexity index is 367. The fraction of sp³-hybridized carbons (Fsp3) is 0.500. The molecule has 1 aliphatic rings. The van der Waals surface area contributed by atoms with E-state index in [-0.39, 0.29) is 11.9 Å². The van der Waals surface area contributed by atoms with Gasteiger partial charge in [0.25, 0.3) is 5.91 Å². The van der Waals surface area contributed by atoms with E-state index in [9.17, 15) is 4.79 Å². The fourth-order valence-corrected chi connectivity index (χ4v) is 2.43. The van der Waals surface area contributed by atoms with Crippen molar-refractivity contribution in [2.75, 3.05) is 6.54 Å². The van der Waals surface area contributed by atoms with Gasteiger partial charge in [-0.2, -0.15) is 0 Å². The predicted molar refractivity (Wildman–Crippen MR) is 68.9 cm³/mol. The van der Waals surface area contributed by atoms with Gasteiger partial charge in [0.05, 0.1) is 0 Å². The second-order valence-corrected chi connectivity index (χ2v) is 4.87. The molecule has 1 aromatic rings. The lowest BCUT2D eigenvalue weighted by Gasteiger charge is -2.36. The summed E-state index contributed by atoms with van der Waals surface area (Å²) < 4.78 is 0. The highest BCUT2D eigenvalue weighted by Crippen LogP contribution is 2.16. The van der Waals surface area contributed by atoms with Crippen molar-refractivity contribution in [2.24, 2.45) is 5.92 Å². The summed E-state index contributed by atoms with van der Waals surface area (Å²) in [5.74, 6) is 0.553. The maximum Gasteiger partial charge on any atom is 0.251 e. The number of hydrogen-bond donors (Lipinski definition) is 2. The first-order valence-corrected chi connectivity index (χ1v) is 6.28. The molecule has 3 nitrogen and oxygen atoms in total. The van der Waals surface area contributed by atoms with Crippen molar-refractivity contribution in [1.82, 2.24) is 10.6 Å². The number of hydrogen-bond acceptors (Lipinski definition) is 2. The van der Waals surface area contributed by atoms with Gasteiger partial charge in [0.2, 0.25) is 0 Å². The van der Waals surface area contributed by atoms with E-state index >= 15 is 0 Å². The molecule has 1 aromatic carbocycles. The van der Waals surface area contributed by atoms with E-state index in [1.807, 2.05) is 30.3 Å². The number of carbonyl (C=O) groups excluding carboxylic acids is 1. The second-order valence-electron chi connectivity index (χ2n) is 4.87. The van der Waals surface area contributed by atoms with Gasteiger partial charge in [-0.3, -0.25) is 4.79 Å². The highest BCUT2D eigenvalue weighted by atomic mass is 16.1. The number of rotatable bonds is 2. The summed E-state index contributed by atoms with van der Waals surface area (Å²) >= 11 is 0. The fourth-order valence-electron chi connectivity index (χ4n) is 2.43. The summed E-state index contributed by atoms with van der Waals surface area (Å²) in [6.45, 7) is 5.37. The molecule has 0 aliphatic carbocycles. The third kappa shape index (κ3) is 2.86. The maximum atomic E-state index is 12.1. The molecule has 2 N–H and O–H groups in total. The molecule has 1 aliphatic heterocycles. The van der Waals surface area contributed by atoms with Crippen molar-refractivity contribution < 1.29 is 4.79 Å². The van der Waals surface area contributed by atoms with Crippen LogP contribution in [0.1, 0.15) is 30.6 Å². The van der Waals surface area contributed by atoms with E-state index in [0.29, 0.717) is 12.0 Å². The molecule has 0 bridgehead atoms. The van der Waals surface area contributed by atoms with Crippen LogP contribution in [0.3, 0.4) is 0 Å². The predicted octanol–water partition coefficient (Wildman–Crippen LogP) is 1.80. The van der Waals surface area contributed by atoms with E-state index in [0.717, 1.165) is 18.5 Å². The molecule has 0 aromatic heterocycles. The van der Waals surface area contributed by atoms with Crippen LogP contribution in [0.2, 0.25) is 0 Å². The van der Waals surface area contributed by atoms with Gasteiger partial charge >= 0.3 is 0 Å². The largest absolute Gasteiger partial charge is 0.347 e. The minimum Gasteiger partial charge on any atom is -0.347 e. The minimum atomic E-state index is 0.0259. The summed E-state index contributed by atoms with van der Waals surface area (Å²) in [6.07, 6.45) is 1.12. The molecule has 1 fully saturated rings. The molecule has 1 heterocycles. The number of carbonyl (C=O) groups is 1. The smallest absolute Gasteiger partial charge is 0.251 e. The molecule has 3 atom stereocenters. The molecule has 0 spiro atoms. The second kappa shape index (κ2) is 5.32. The third-order valence-electron chi connectivity index (χ3n) is 3.55. The van der Waals surface area contributed by atoms with Gasteiger partial charge in [0, 0.05) is 17.6 Å². The van der Waals surface area contributed by atoms with Gasteiger partial charge in [-0.25, -0.2) is 0 Å². The Kier molecular flexibility index (Phi) is 3.79. The van der Waals surface area contributed by atoms with Crippen LogP contribution >= 0.6 is 0 Å². The first-order valence-electron chi connectivity index (χ1n) is 6.28.